The van der Waals surface area contributed by atoms with Crippen molar-refractivity contribution >= 4 is 17.4 Å². The number of hydrogen-bond donors (Lipinski definition) is 5. The third-order valence-electron chi connectivity index (χ3n) is 3.24. The molecule has 0 amide bonds. The van der Waals surface area contributed by atoms with E-state index in [9.17, 15) is 15.3 Å². The highest BCUT2D eigenvalue weighted by atomic mass is 32.2. The molecule has 1 aromatic carbocycles. The second kappa shape index (κ2) is 6.75. The second-order valence-electron chi connectivity index (χ2n) is 4.75. The van der Waals surface area contributed by atoms with Crippen molar-refractivity contribution in [2.75, 3.05) is 12.3 Å². The maximum atomic E-state index is 9.89. The monoisotopic (exact) mass is 301 g/mol. The Morgan fingerprint density at radius 1 is 1.05 bits per heavy atom. The van der Waals surface area contributed by atoms with Gasteiger partial charge in [0.2, 0.25) is 0 Å². The predicted octanol–water partition coefficient (Wildman–Crippen LogP) is -0.698. The highest BCUT2D eigenvalue weighted by Gasteiger charge is 2.43. The van der Waals surface area contributed by atoms with E-state index in [1.165, 1.54) is 11.8 Å². The van der Waals surface area contributed by atoms with Crippen molar-refractivity contribution in [3.8, 4) is 0 Å². The van der Waals surface area contributed by atoms with E-state index in [4.69, 9.17) is 15.6 Å². The molecule has 2 rings (SSSR count). The molecule has 1 aliphatic heterocycles. The van der Waals surface area contributed by atoms with Crippen LogP contribution in [0.15, 0.2) is 24.3 Å². The summed E-state index contributed by atoms with van der Waals surface area (Å²) in [4.78, 5) is 0. The fourth-order valence-electron chi connectivity index (χ4n) is 2.00. The van der Waals surface area contributed by atoms with E-state index in [0.717, 1.165) is 5.56 Å². The largest absolute Gasteiger partial charge is 0.399 e. The van der Waals surface area contributed by atoms with Gasteiger partial charge in [0.15, 0.2) is 0 Å². The Morgan fingerprint density at radius 3 is 2.30 bits per heavy atom. The number of anilines is 1. The molecule has 6 N–H and O–H groups in total. The lowest BCUT2D eigenvalue weighted by Gasteiger charge is -2.39. The van der Waals surface area contributed by atoms with E-state index >= 15 is 0 Å². The SMILES string of the molecule is Nc1ccc(CSC2O[C@H](CO)[C@H](O)[C@H](O)[C@H]2O)cc1. The summed E-state index contributed by atoms with van der Waals surface area (Å²) in [6, 6.07) is 7.30. The summed E-state index contributed by atoms with van der Waals surface area (Å²) < 4.78 is 5.40. The Morgan fingerprint density at radius 2 is 1.70 bits per heavy atom. The van der Waals surface area contributed by atoms with Gasteiger partial charge in [-0.3, -0.25) is 0 Å². The first-order valence-corrected chi connectivity index (χ1v) is 7.34. The van der Waals surface area contributed by atoms with Crippen molar-refractivity contribution in [2.45, 2.75) is 35.6 Å². The average Bonchev–Trinajstić information content (AvgIpc) is 2.46. The van der Waals surface area contributed by atoms with Crippen molar-refractivity contribution in [1.82, 2.24) is 0 Å². The van der Waals surface area contributed by atoms with Crippen molar-refractivity contribution in [2.24, 2.45) is 0 Å². The molecule has 0 radical (unpaired) electrons. The van der Waals surface area contributed by atoms with Crippen molar-refractivity contribution < 1.29 is 25.2 Å². The predicted molar refractivity (Wildman–Crippen MR) is 75.9 cm³/mol. The molecule has 1 aromatic rings. The van der Waals surface area contributed by atoms with Gasteiger partial charge >= 0.3 is 0 Å². The van der Waals surface area contributed by atoms with Crippen LogP contribution < -0.4 is 5.73 Å². The van der Waals surface area contributed by atoms with Crippen LogP contribution in [0.5, 0.6) is 0 Å². The van der Waals surface area contributed by atoms with Gasteiger partial charge in [0.25, 0.3) is 0 Å². The zero-order chi connectivity index (χ0) is 14.7. The first kappa shape index (κ1) is 15.6. The molecule has 5 atom stereocenters. The van der Waals surface area contributed by atoms with E-state index < -0.39 is 36.5 Å². The maximum Gasteiger partial charge on any atom is 0.132 e. The number of aliphatic hydroxyl groups is 4. The smallest absolute Gasteiger partial charge is 0.132 e. The minimum absolute atomic E-state index is 0.413. The van der Waals surface area contributed by atoms with Crippen LogP contribution in [0.2, 0.25) is 0 Å². The second-order valence-corrected chi connectivity index (χ2v) is 5.84. The van der Waals surface area contributed by atoms with Gasteiger partial charge < -0.3 is 30.9 Å². The number of nitrogens with two attached hydrogens (primary N) is 1. The first-order valence-electron chi connectivity index (χ1n) is 6.29. The minimum atomic E-state index is -1.33. The zero-order valence-electron chi connectivity index (χ0n) is 10.8. The molecule has 0 spiro atoms. The molecule has 0 saturated carbocycles. The highest BCUT2D eigenvalue weighted by molar-refractivity contribution is 7.99. The number of nitrogen functional groups attached to an aromatic ring is 1. The van der Waals surface area contributed by atoms with E-state index in [0.29, 0.717) is 11.4 Å². The van der Waals surface area contributed by atoms with E-state index in [-0.39, 0.29) is 0 Å². The van der Waals surface area contributed by atoms with Gasteiger partial charge in [-0.1, -0.05) is 12.1 Å². The van der Waals surface area contributed by atoms with Crippen LogP contribution in [0.4, 0.5) is 5.69 Å². The fourth-order valence-corrected chi connectivity index (χ4v) is 3.13. The number of rotatable bonds is 4. The van der Waals surface area contributed by atoms with Gasteiger partial charge in [0.05, 0.1) is 6.61 Å². The molecular weight excluding hydrogens is 282 g/mol. The minimum Gasteiger partial charge on any atom is -0.399 e. The van der Waals surface area contributed by atoms with Crippen LogP contribution in [0.25, 0.3) is 0 Å². The van der Waals surface area contributed by atoms with Crippen LogP contribution in [-0.2, 0) is 10.5 Å². The van der Waals surface area contributed by atoms with Crippen LogP contribution in [0.1, 0.15) is 5.56 Å². The third-order valence-corrected chi connectivity index (χ3v) is 4.46. The molecule has 20 heavy (non-hydrogen) atoms. The number of aliphatic hydroxyl groups excluding tert-OH is 4. The lowest BCUT2D eigenvalue weighted by molar-refractivity contribution is -0.205. The Labute approximate surface area is 121 Å². The van der Waals surface area contributed by atoms with Crippen molar-refractivity contribution in [1.29, 1.82) is 0 Å². The maximum absolute atomic E-state index is 9.89. The summed E-state index contributed by atoms with van der Waals surface area (Å²) in [6.07, 6.45) is -4.71. The quantitative estimate of drug-likeness (QED) is 0.467. The highest BCUT2D eigenvalue weighted by Crippen LogP contribution is 2.30. The molecule has 0 aliphatic carbocycles. The van der Waals surface area contributed by atoms with Gasteiger partial charge in [-0.2, -0.15) is 0 Å². The molecule has 112 valence electrons. The Bertz CT molecular complexity index is 427. The molecular formula is C13H19NO5S. The standard InChI is InChI=1S/C13H19NO5S/c14-8-3-1-7(2-4-8)6-20-13-12(18)11(17)10(16)9(5-15)19-13/h1-4,9-13,15-18H,5-6,14H2/t9-,10+,11+,12-,13?/m1/s1. The van der Waals surface area contributed by atoms with E-state index in [1.54, 1.807) is 12.1 Å². The van der Waals surface area contributed by atoms with Crippen LogP contribution >= 0.6 is 11.8 Å². The van der Waals surface area contributed by atoms with Crippen molar-refractivity contribution in [3.63, 3.8) is 0 Å². The zero-order valence-corrected chi connectivity index (χ0v) is 11.6. The lowest BCUT2D eigenvalue weighted by atomic mass is 10.0. The van der Waals surface area contributed by atoms with Gasteiger partial charge in [-0.15, -0.1) is 11.8 Å². The topological polar surface area (TPSA) is 116 Å². The first-order chi connectivity index (χ1) is 9.52. The fraction of sp³-hybridized carbons (Fsp3) is 0.538. The third kappa shape index (κ3) is 3.43. The summed E-state index contributed by atoms with van der Waals surface area (Å²) in [7, 11) is 0. The summed E-state index contributed by atoms with van der Waals surface area (Å²) in [6.45, 7) is -0.413. The van der Waals surface area contributed by atoms with E-state index in [1.807, 2.05) is 12.1 Å². The number of thioether (sulfide) groups is 1. The number of benzene rings is 1. The average molecular weight is 301 g/mol. The summed E-state index contributed by atoms with van der Waals surface area (Å²) in [5.74, 6) is 0.559. The number of ether oxygens (including phenoxy) is 1. The Balaban J connectivity index is 1.95. The molecule has 0 bridgehead atoms. The molecule has 6 nitrogen and oxygen atoms in total. The normalized spacial score (nSPS) is 34.1. The van der Waals surface area contributed by atoms with Crippen LogP contribution in [0, 0.1) is 0 Å². The summed E-state index contributed by atoms with van der Waals surface area (Å²) in [5.41, 5.74) is 6.57. The molecule has 1 unspecified atom stereocenters. The molecule has 0 aromatic heterocycles. The molecule has 1 heterocycles. The van der Waals surface area contributed by atoms with Gasteiger partial charge in [0, 0.05) is 11.4 Å². The van der Waals surface area contributed by atoms with Crippen LogP contribution in [0.3, 0.4) is 0 Å². The molecule has 1 fully saturated rings. The van der Waals surface area contributed by atoms with Gasteiger partial charge in [0.1, 0.15) is 29.9 Å². The Hall–Kier alpha value is -0.830. The lowest BCUT2D eigenvalue weighted by Crippen LogP contribution is -2.57. The Kier molecular flexibility index (Phi) is 5.25. The summed E-state index contributed by atoms with van der Waals surface area (Å²) in [5, 5.41) is 38.3. The van der Waals surface area contributed by atoms with E-state index in [2.05, 4.69) is 0 Å². The van der Waals surface area contributed by atoms with Crippen LogP contribution in [-0.4, -0.2) is 56.9 Å². The molecule has 1 aliphatic rings. The number of hydrogen-bond acceptors (Lipinski definition) is 7. The van der Waals surface area contributed by atoms with Gasteiger partial charge in [-0.05, 0) is 17.7 Å². The van der Waals surface area contributed by atoms with Crippen molar-refractivity contribution in [3.05, 3.63) is 29.8 Å². The molecule has 1 saturated heterocycles. The van der Waals surface area contributed by atoms with Gasteiger partial charge in [-0.25, -0.2) is 0 Å². The molecule has 7 heteroatoms. The summed E-state index contributed by atoms with van der Waals surface area (Å²) >= 11 is 1.29.